The Morgan fingerprint density at radius 2 is 1.60 bits per heavy atom. The number of anilines is 1. The number of nitrogens with zero attached hydrogens (tertiary/aromatic N) is 1. The Morgan fingerprint density at radius 1 is 1.00 bits per heavy atom. The molecule has 0 bridgehead atoms. The van der Waals surface area contributed by atoms with Gasteiger partial charge in [0.1, 0.15) is 10.7 Å². The van der Waals surface area contributed by atoms with Gasteiger partial charge in [-0.05, 0) is 49.2 Å². The molecule has 0 radical (unpaired) electrons. The summed E-state index contributed by atoms with van der Waals surface area (Å²) in [6, 6.07) is 15.9. The molecule has 0 aliphatic carbocycles. The maximum Gasteiger partial charge on any atom is 0.210 e. The maximum absolute atomic E-state index is 13.1. The van der Waals surface area contributed by atoms with E-state index in [2.05, 4.69) is 0 Å². The smallest absolute Gasteiger partial charge is 0.210 e. The second-order valence-corrected chi connectivity index (χ2v) is 8.28. The summed E-state index contributed by atoms with van der Waals surface area (Å²) in [6.07, 6.45) is 0. The average molecular weight is 375 g/mol. The van der Waals surface area contributed by atoms with Crippen molar-refractivity contribution >= 4 is 27.3 Å². The maximum atomic E-state index is 13.1. The van der Waals surface area contributed by atoms with Crippen molar-refractivity contribution in [2.75, 3.05) is 5.73 Å². The Hall–Kier alpha value is -2.24. The minimum Gasteiger partial charge on any atom is -0.384 e. The zero-order chi connectivity index (χ0) is 18.2. The van der Waals surface area contributed by atoms with Crippen LogP contribution in [-0.2, 0) is 16.4 Å². The molecule has 0 spiro atoms. The summed E-state index contributed by atoms with van der Waals surface area (Å²) in [6.45, 7) is 4.20. The lowest BCUT2D eigenvalue weighted by Crippen LogP contribution is -2.09. The molecule has 2 aromatic carbocycles. The van der Waals surface area contributed by atoms with Crippen LogP contribution in [0.5, 0.6) is 0 Å². The van der Waals surface area contributed by atoms with Crippen molar-refractivity contribution in [2.45, 2.75) is 30.2 Å². The molecular formula is C19H19ClN2O2S. The molecule has 0 saturated heterocycles. The molecule has 3 aromatic rings. The van der Waals surface area contributed by atoms with Gasteiger partial charge in [-0.3, -0.25) is 0 Å². The largest absolute Gasteiger partial charge is 0.384 e. The van der Waals surface area contributed by atoms with E-state index in [0.29, 0.717) is 17.1 Å². The molecule has 4 nitrogen and oxygen atoms in total. The highest BCUT2D eigenvalue weighted by Crippen LogP contribution is 2.34. The molecule has 1 aromatic heterocycles. The van der Waals surface area contributed by atoms with Gasteiger partial charge in [-0.1, -0.05) is 41.9 Å². The number of hydrogen-bond donors (Lipinski definition) is 1. The number of benzene rings is 2. The molecule has 0 fully saturated rings. The molecule has 130 valence electrons. The number of nitrogens with two attached hydrogens (primary N) is 1. The zero-order valence-electron chi connectivity index (χ0n) is 14.0. The molecule has 0 saturated carbocycles. The predicted molar refractivity (Wildman–Crippen MR) is 101 cm³/mol. The quantitative estimate of drug-likeness (QED) is 0.743. The van der Waals surface area contributed by atoms with E-state index in [0.717, 1.165) is 11.3 Å². The van der Waals surface area contributed by atoms with Crippen LogP contribution in [0.15, 0.2) is 64.4 Å². The second-order valence-electron chi connectivity index (χ2n) is 5.95. The van der Waals surface area contributed by atoms with E-state index in [1.165, 1.54) is 12.1 Å². The van der Waals surface area contributed by atoms with E-state index >= 15 is 0 Å². The fourth-order valence-corrected chi connectivity index (χ4v) is 4.70. The summed E-state index contributed by atoms with van der Waals surface area (Å²) in [5, 5.41) is 0.487. The van der Waals surface area contributed by atoms with E-state index in [-0.39, 0.29) is 15.6 Å². The third-order valence-corrected chi connectivity index (χ3v) is 6.59. The summed E-state index contributed by atoms with van der Waals surface area (Å²) < 4.78 is 28.0. The van der Waals surface area contributed by atoms with E-state index in [9.17, 15) is 8.42 Å². The van der Waals surface area contributed by atoms with Crippen LogP contribution in [0.3, 0.4) is 0 Å². The summed E-state index contributed by atoms with van der Waals surface area (Å²) in [4.78, 5) is 0.354. The minimum absolute atomic E-state index is 0.170. The molecule has 0 aliphatic rings. The number of halogens is 1. The van der Waals surface area contributed by atoms with E-state index in [4.69, 9.17) is 17.3 Å². The number of hydrogen-bond acceptors (Lipinski definition) is 3. The highest BCUT2D eigenvalue weighted by atomic mass is 35.5. The van der Waals surface area contributed by atoms with Crippen molar-refractivity contribution < 1.29 is 8.42 Å². The monoisotopic (exact) mass is 374 g/mol. The minimum atomic E-state index is -3.72. The molecule has 2 N–H and O–H groups in total. The number of sulfone groups is 1. The first-order chi connectivity index (χ1) is 11.8. The molecule has 0 atom stereocenters. The van der Waals surface area contributed by atoms with Crippen molar-refractivity contribution in [3.63, 3.8) is 0 Å². The lowest BCUT2D eigenvalue weighted by molar-refractivity contribution is 0.596. The van der Waals surface area contributed by atoms with Gasteiger partial charge in [0.05, 0.1) is 4.90 Å². The van der Waals surface area contributed by atoms with E-state index in [1.54, 1.807) is 19.1 Å². The van der Waals surface area contributed by atoms with Crippen LogP contribution in [0.2, 0.25) is 5.02 Å². The van der Waals surface area contributed by atoms with Crippen LogP contribution in [0.1, 0.15) is 16.8 Å². The fourth-order valence-electron chi connectivity index (χ4n) is 2.90. The first kappa shape index (κ1) is 17.6. The molecule has 1 heterocycles. The Morgan fingerprint density at radius 3 is 2.20 bits per heavy atom. The van der Waals surface area contributed by atoms with Gasteiger partial charge in [-0.15, -0.1) is 0 Å². The average Bonchev–Trinajstić information content (AvgIpc) is 2.80. The van der Waals surface area contributed by atoms with Gasteiger partial charge in [0, 0.05) is 17.3 Å². The Kier molecular flexibility index (Phi) is 4.62. The Balaban J connectivity index is 2.11. The lowest BCUT2D eigenvalue weighted by Gasteiger charge is -2.10. The van der Waals surface area contributed by atoms with Crippen LogP contribution in [-0.4, -0.2) is 13.0 Å². The van der Waals surface area contributed by atoms with Crippen molar-refractivity contribution in [3.05, 3.63) is 76.4 Å². The van der Waals surface area contributed by atoms with Gasteiger partial charge in [0.2, 0.25) is 9.84 Å². The molecule has 25 heavy (non-hydrogen) atoms. The summed E-state index contributed by atoms with van der Waals surface area (Å²) in [5.74, 6) is 0.258. The fraction of sp³-hybridized carbons (Fsp3) is 0.158. The van der Waals surface area contributed by atoms with E-state index in [1.807, 2.05) is 41.8 Å². The number of aromatic nitrogens is 1. The SMILES string of the molecule is Cc1c(S(=O)(=O)c2ccc(Cl)cc2)c(N)n(Cc2ccccc2)c1C. The third-order valence-electron chi connectivity index (χ3n) is 4.39. The van der Waals surface area contributed by atoms with Gasteiger partial charge in [0.25, 0.3) is 0 Å². The third kappa shape index (κ3) is 3.17. The van der Waals surface area contributed by atoms with E-state index < -0.39 is 9.84 Å². The van der Waals surface area contributed by atoms with Gasteiger partial charge >= 0.3 is 0 Å². The predicted octanol–water partition coefficient (Wildman–Crippen LogP) is 4.22. The molecule has 6 heteroatoms. The van der Waals surface area contributed by atoms with Crippen molar-refractivity contribution in [1.82, 2.24) is 4.57 Å². The molecule has 0 unspecified atom stereocenters. The van der Waals surface area contributed by atoms with Gasteiger partial charge in [-0.2, -0.15) is 0 Å². The molecular weight excluding hydrogens is 356 g/mol. The Bertz CT molecular complexity index is 1010. The van der Waals surface area contributed by atoms with Crippen LogP contribution >= 0.6 is 11.6 Å². The van der Waals surface area contributed by atoms with Crippen molar-refractivity contribution in [1.29, 1.82) is 0 Å². The lowest BCUT2D eigenvalue weighted by atomic mass is 10.2. The molecule has 3 rings (SSSR count). The van der Waals surface area contributed by atoms with Crippen molar-refractivity contribution in [3.8, 4) is 0 Å². The summed E-state index contributed by atoms with van der Waals surface area (Å²) in [5.41, 5.74) is 8.83. The van der Waals surface area contributed by atoms with Gasteiger partial charge in [-0.25, -0.2) is 8.42 Å². The van der Waals surface area contributed by atoms with Crippen LogP contribution < -0.4 is 5.73 Å². The van der Waals surface area contributed by atoms with Crippen LogP contribution in [0.4, 0.5) is 5.82 Å². The van der Waals surface area contributed by atoms with Gasteiger partial charge < -0.3 is 10.3 Å². The first-order valence-electron chi connectivity index (χ1n) is 7.82. The summed E-state index contributed by atoms with van der Waals surface area (Å²) in [7, 11) is -3.72. The second kappa shape index (κ2) is 6.58. The first-order valence-corrected chi connectivity index (χ1v) is 9.68. The number of rotatable bonds is 4. The number of nitrogen functional groups attached to an aromatic ring is 1. The Labute approximate surface area is 152 Å². The summed E-state index contributed by atoms with van der Waals surface area (Å²) >= 11 is 5.87. The van der Waals surface area contributed by atoms with Crippen LogP contribution in [0.25, 0.3) is 0 Å². The standard InChI is InChI=1S/C19H19ClN2O2S/c1-13-14(2)22(12-15-6-4-3-5-7-15)19(21)18(13)25(23,24)17-10-8-16(20)9-11-17/h3-11H,12,21H2,1-2H3. The van der Waals surface area contributed by atoms with Crippen LogP contribution in [0, 0.1) is 13.8 Å². The zero-order valence-corrected chi connectivity index (χ0v) is 15.6. The normalized spacial score (nSPS) is 11.6. The highest BCUT2D eigenvalue weighted by molar-refractivity contribution is 7.91. The molecule has 0 amide bonds. The van der Waals surface area contributed by atoms with Gasteiger partial charge in [0.15, 0.2) is 0 Å². The molecule has 0 aliphatic heterocycles. The highest BCUT2D eigenvalue weighted by Gasteiger charge is 2.28. The van der Waals surface area contributed by atoms with Crippen molar-refractivity contribution in [2.24, 2.45) is 0 Å². The topological polar surface area (TPSA) is 65.1 Å².